The lowest BCUT2D eigenvalue weighted by molar-refractivity contribution is -0.109. The van der Waals surface area contributed by atoms with Crippen LogP contribution in [0.3, 0.4) is 0 Å². The molecule has 0 amide bonds. The zero-order chi connectivity index (χ0) is 12.5. The molecule has 0 aromatic carbocycles. The number of carbonyl (C=O) groups excluding carboxylic acids is 2. The highest BCUT2D eigenvalue weighted by Crippen LogP contribution is 2.33. The maximum absolute atomic E-state index is 12.0. The number of hydrogen-bond acceptors (Lipinski definition) is 6. The van der Waals surface area contributed by atoms with E-state index >= 15 is 0 Å². The Morgan fingerprint density at radius 1 is 1.39 bits per heavy atom. The van der Waals surface area contributed by atoms with Crippen LogP contribution in [0.1, 0.15) is 10.4 Å². The fraction of sp³-hybridized carbons (Fsp3) is 0.167. The Kier molecular flexibility index (Phi) is 2.64. The Morgan fingerprint density at radius 2 is 2.28 bits per heavy atom. The average Bonchev–Trinajstić information content (AvgIpc) is 2.93. The summed E-state index contributed by atoms with van der Waals surface area (Å²) in [6, 6.07) is 3.39. The van der Waals surface area contributed by atoms with Gasteiger partial charge in [0.1, 0.15) is 12.1 Å². The number of fused-ring (bicyclic) bond motifs is 1. The Balaban J connectivity index is 2.14. The largest absolute Gasteiger partial charge is 0.303 e. The number of nitrogens with zero attached hydrogens (tertiary/aromatic N) is 3. The van der Waals surface area contributed by atoms with Gasteiger partial charge in [-0.1, -0.05) is 0 Å². The second kappa shape index (κ2) is 4.30. The standard InChI is InChI=1S/C12H9N3O2S/c16-7-8-6-15(12-14-4-5-18-12)11-9(10(8)17)2-1-3-13-11/h1-5,7-8H,6H2. The van der Waals surface area contributed by atoms with Crippen LogP contribution in [0.15, 0.2) is 29.9 Å². The van der Waals surface area contributed by atoms with E-state index < -0.39 is 5.92 Å². The minimum Gasteiger partial charge on any atom is -0.303 e. The first-order chi connectivity index (χ1) is 8.81. The molecule has 1 unspecified atom stereocenters. The van der Waals surface area contributed by atoms with E-state index in [4.69, 9.17) is 0 Å². The molecule has 1 aliphatic heterocycles. The first-order valence-electron chi connectivity index (χ1n) is 5.43. The molecule has 5 nitrogen and oxygen atoms in total. The molecule has 0 fully saturated rings. The first-order valence-corrected chi connectivity index (χ1v) is 6.31. The molecule has 0 aliphatic carbocycles. The number of aldehydes is 1. The van der Waals surface area contributed by atoms with Gasteiger partial charge >= 0.3 is 0 Å². The van der Waals surface area contributed by atoms with E-state index in [0.717, 1.165) is 5.13 Å². The number of Topliss-reactive ketones (excluding diaryl/α,β-unsaturated/α-hetero) is 1. The van der Waals surface area contributed by atoms with Gasteiger partial charge in [0, 0.05) is 24.3 Å². The second-order valence-corrected chi connectivity index (χ2v) is 4.78. The van der Waals surface area contributed by atoms with Crippen molar-refractivity contribution < 1.29 is 9.59 Å². The van der Waals surface area contributed by atoms with Crippen LogP contribution in [0.2, 0.25) is 0 Å². The minimum absolute atomic E-state index is 0.166. The van der Waals surface area contributed by atoms with E-state index in [-0.39, 0.29) is 5.78 Å². The number of ketones is 1. The van der Waals surface area contributed by atoms with Crippen molar-refractivity contribution in [1.29, 1.82) is 0 Å². The van der Waals surface area contributed by atoms with Gasteiger partial charge in [-0.3, -0.25) is 4.79 Å². The Hall–Kier alpha value is -2.08. The van der Waals surface area contributed by atoms with Gasteiger partial charge < -0.3 is 9.69 Å². The highest BCUT2D eigenvalue weighted by molar-refractivity contribution is 7.13. The molecule has 0 bridgehead atoms. The van der Waals surface area contributed by atoms with Gasteiger partial charge in [0.25, 0.3) is 0 Å². The van der Waals surface area contributed by atoms with Gasteiger partial charge in [-0.05, 0) is 12.1 Å². The van der Waals surface area contributed by atoms with Crippen LogP contribution in [-0.2, 0) is 4.79 Å². The monoisotopic (exact) mass is 259 g/mol. The van der Waals surface area contributed by atoms with E-state index in [2.05, 4.69) is 9.97 Å². The van der Waals surface area contributed by atoms with Crippen molar-refractivity contribution in [3.05, 3.63) is 35.5 Å². The van der Waals surface area contributed by atoms with E-state index in [1.165, 1.54) is 11.3 Å². The average molecular weight is 259 g/mol. The molecular weight excluding hydrogens is 250 g/mol. The summed E-state index contributed by atoms with van der Waals surface area (Å²) in [5.74, 6) is -0.234. The van der Waals surface area contributed by atoms with E-state index in [0.29, 0.717) is 24.2 Å². The van der Waals surface area contributed by atoms with Crippen molar-refractivity contribution in [1.82, 2.24) is 9.97 Å². The highest BCUT2D eigenvalue weighted by Gasteiger charge is 2.33. The summed E-state index contributed by atoms with van der Waals surface area (Å²) in [5, 5.41) is 2.60. The summed E-state index contributed by atoms with van der Waals surface area (Å²) in [4.78, 5) is 33.3. The van der Waals surface area contributed by atoms with E-state index in [1.54, 1.807) is 24.5 Å². The number of rotatable bonds is 2. The molecule has 1 atom stereocenters. The molecule has 0 saturated carbocycles. The number of anilines is 2. The van der Waals surface area contributed by atoms with E-state index in [1.807, 2.05) is 10.3 Å². The van der Waals surface area contributed by atoms with E-state index in [9.17, 15) is 9.59 Å². The molecule has 6 heteroatoms. The number of carbonyl (C=O) groups is 2. The lowest BCUT2D eigenvalue weighted by Crippen LogP contribution is -2.37. The molecule has 0 radical (unpaired) electrons. The summed E-state index contributed by atoms with van der Waals surface area (Å²) in [6.45, 7) is 0.305. The number of aromatic nitrogens is 2. The van der Waals surface area contributed by atoms with Gasteiger partial charge in [-0.15, -0.1) is 11.3 Å². The summed E-state index contributed by atoms with van der Waals surface area (Å²) in [5.41, 5.74) is 0.482. The third-order valence-electron chi connectivity index (χ3n) is 2.84. The van der Waals surface area contributed by atoms with Gasteiger partial charge in [0.15, 0.2) is 10.9 Å². The molecular formula is C12H9N3O2S. The van der Waals surface area contributed by atoms with Crippen LogP contribution in [0, 0.1) is 5.92 Å². The van der Waals surface area contributed by atoms with Gasteiger partial charge in [0.05, 0.1) is 11.5 Å². The number of hydrogen-bond donors (Lipinski definition) is 0. The van der Waals surface area contributed by atoms with Crippen LogP contribution in [-0.4, -0.2) is 28.6 Å². The smallest absolute Gasteiger partial charge is 0.190 e. The highest BCUT2D eigenvalue weighted by atomic mass is 32.1. The predicted octanol–water partition coefficient (Wildman–Crippen LogP) is 1.69. The Bertz CT molecular complexity index is 597. The second-order valence-electron chi connectivity index (χ2n) is 3.91. The maximum Gasteiger partial charge on any atom is 0.190 e. The Morgan fingerprint density at radius 3 is 3.00 bits per heavy atom. The summed E-state index contributed by atoms with van der Waals surface area (Å²) in [6.07, 6.45) is 4.02. The van der Waals surface area contributed by atoms with Crippen LogP contribution < -0.4 is 4.90 Å². The molecule has 0 N–H and O–H groups in total. The summed E-state index contributed by atoms with van der Waals surface area (Å²) in [7, 11) is 0. The van der Waals surface area contributed by atoms with Crippen LogP contribution in [0.5, 0.6) is 0 Å². The molecule has 0 saturated heterocycles. The SMILES string of the molecule is O=CC1CN(c2nccs2)c2ncccc2C1=O. The quantitative estimate of drug-likeness (QED) is 0.606. The van der Waals surface area contributed by atoms with Crippen molar-refractivity contribution in [3.63, 3.8) is 0 Å². The number of pyridine rings is 1. The van der Waals surface area contributed by atoms with Crippen molar-refractivity contribution in [2.75, 3.05) is 11.4 Å². The summed E-state index contributed by atoms with van der Waals surface area (Å²) >= 11 is 1.45. The van der Waals surface area contributed by atoms with Crippen LogP contribution in [0.25, 0.3) is 0 Å². The Labute approximate surface area is 107 Å². The van der Waals surface area contributed by atoms with Gasteiger partial charge in [0.2, 0.25) is 0 Å². The molecule has 90 valence electrons. The molecule has 1 aliphatic rings. The molecule has 3 rings (SSSR count). The fourth-order valence-electron chi connectivity index (χ4n) is 1.99. The molecule has 3 heterocycles. The normalized spacial score (nSPS) is 18.6. The predicted molar refractivity (Wildman–Crippen MR) is 67.2 cm³/mol. The first kappa shape index (κ1) is 11.0. The third-order valence-corrected chi connectivity index (χ3v) is 3.63. The molecule has 18 heavy (non-hydrogen) atoms. The molecule has 2 aromatic heterocycles. The van der Waals surface area contributed by atoms with Crippen molar-refractivity contribution in [2.45, 2.75) is 0 Å². The van der Waals surface area contributed by atoms with Crippen molar-refractivity contribution in [3.8, 4) is 0 Å². The summed E-state index contributed by atoms with van der Waals surface area (Å²) < 4.78 is 0. The lowest BCUT2D eigenvalue weighted by atomic mass is 9.95. The lowest BCUT2D eigenvalue weighted by Gasteiger charge is -2.29. The third kappa shape index (κ3) is 1.62. The maximum atomic E-state index is 12.0. The van der Waals surface area contributed by atoms with Crippen LogP contribution in [0.4, 0.5) is 10.9 Å². The topological polar surface area (TPSA) is 63.2 Å². The zero-order valence-corrected chi connectivity index (χ0v) is 10.1. The zero-order valence-electron chi connectivity index (χ0n) is 9.31. The van der Waals surface area contributed by atoms with Crippen molar-refractivity contribution >= 4 is 34.4 Å². The molecule has 2 aromatic rings. The van der Waals surface area contributed by atoms with Gasteiger partial charge in [-0.2, -0.15) is 0 Å². The minimum atomic E-state index is -0.648. The van der Waals surface area contributed by atoms with Gasteiger partial charge in [-0.25, -0.2) is 9.97 Å². The van der Waals surface area contributed by atoms with Crippen LogP contribution >= 0.6 is 11.3 Å². The number of thiazole rings is 1. The fourth-order valence-corrected chi connectivity index (χ4v) is 2.65. The molecule has 0 spiro atoms. The van der Waals surface area contributed by atoms with Crippen molar-refractivity contribution in [2.24, 2.45) is 5.92 Å².